The minimum atomic E-state index is -0.966. The summed E-state index contributed by atoms with van der Waals surface area (Å²) in [4.78, 5) is 24.7. The number of aliphatic carboxylic acids is 1. The number of hydrogen-bond donors (Lipinski definition) is 1. The van der Waals surface area contributed by atoms with Gasteiger partial charge in [-0.25, -0.2) is 4.79 Å². The Hall–Kier alpha value is -2.28. The molecule has 4 nitrogen and oxygen atoms in total. The van der Waals surface area contributed by atoms with Crippen LogP contribution >= 0.6 is 0 Å². The van der Waals surface area contributed by atoms with Gasteiger partial charge in [-0.3, -0.25) is 4.79 Å². The maximum Gasteiger partial charge on any atom is 0.326 e. The van der Waals surface area contributed by atoms with Gasteiger partial charge in [0, 0.05) is 18.9 Å². The normalized spacial score (nSPS) is 19.6. The Morgan fingerprint density at radius 2 is 2.15 bits per heavy atom. The first-order chi connectivity index (χ1) is 9.61. The summed E-state index contributed by atoms with van der Waals surface area (Å²) in [6, 6.07) is 8.87. The van der Waals surface area contributed by atoms with Crippen molar-refractivity contribution in [1.29, 1.82) is 0 Å². The second-order valence-corrected chi connectivity index (χ2v) is 4.99. The van der Waals surface area contributed by atoms with Gasteiger partial charge in [0.25, 0.3) is 0 Å². The van der Waals surface area contributed by atoms with Crippen molar-refractivity contribution in [2.24, 2.45) is 5.92 Å². The van der Waals surface area contributed by atoms with E-state index in [1.54, 1.807) is 0 Å². The van der Waals surface area contributed by atoms with E-state index in [-0.39, 0.29) is 18.2 Å². The van der Waals surface area contributed by atoms with Crippen molar-refractivity contribution in [3.05, 3.63) is 35.9 Å². The number of aryl methyl sites for hydroxylation is 1. The third-order valence-corrected chi connectivity index (χ3v) is 3.60. The maximum absolute atomic E-state index is 11.9. The predicted molar refractivity (Wildman–Crippen MR) is 74.8 cm³/mol. The molecule has 1 aliphatic rings. The van der Waals surface area contributed by atoms with Crippen LogP contribution in [-0.2, 0) is 16.0 Å². The first-order valence-electron chi connectivity index (χ1n) is 6.64. The quantitative estimate of drug-likeness (QED) is 0.827. The van der Waals surface area contributed by atoms with Crippen LogP contribution in [0.25, 0.3) is 0 Å². The molecular formula is C16H17NO3. The Balaban J connectivity index is 2.03. The van der Waals surface area contributed by atoms with E-state index < -0.39 is 12.0 Å². The highest BCUT2D eigenvalue weighted by molar-refractivity contribution is 5.85. The number of amides is 1. The van der Waals surface area contributed by atoms with E-state index in [9.17, 15) is 14.7 Å². The molecule has 0 aliphatic carbocycles. The lowest BCUT2D eigenvalue weighted by atomic mass is 10.0. The molecule has 2 rings (SSSR count). The Bertz CT molecular complexity index is 532. The van der Waals surface area contributed by atoms with Gasteiger partial charge in [0.15, 0.2) is 0 Å². The summed E-state index contributed by atoms with van der Waals surface area (Å²) in [5.74, 6) is 1.25. The monoisotopic (exact) mass is 271 g/mol. The molecule has 104 valence electrons. The van der Waals surface area contributed by atoms with Crippen molar-refractivity contribution in [3.8, 4) is 12.3 Å². The molecule has 0 spiro atoms. The Labute approximate surface area is 118 Å². The molecule has 1 aromatic rings. The van der Waals surface area contributed by atoms with Crippen molar-refractivity contribution >= 4 is 11.9 Å². The van der Waals surface area contributed by atoms with Crippen LogP contribution in [0.3, 0.4) is 0 Å². The van der Waals surface area contributed by atoms with Crippen molar-refractivity contribution < 1.29 is 14.7 Å². The lowest BCUT2D eigenvalue weighted by molar-refractivity contribution is -0.148. The largest absolute Gasteiger partial charge is 0.480 e. The number of rotatable bonds is 5. The third-order valence-electron chi connectivity index (χ3n) is 3.60. The molecule has 4 heteroatoms. The first-order valence-corrected chi connectivity index (χ1v) is 6.64. The van der Waals surface area contributed by atoms with Gasteiger partial charge in [-0.15, -0.1) is 12.3 Å². The highest BCUT2D eigenvalue weighted by atomic mass is 16.4. The van der Waals surface area contributed by atoms with Crippen molar-refractivity contribution in [2.75, 3.05) is 6.54 Å². The lowest BCUT2D eigenvalue weighted by Crippen LogP contribution is -2.42. The zero-order valence-electron chi connectivity index (χ0n) is 11.2. The molecule has 2 atom stereocenters. The van der Waals surface area contributed by atoms with E-state index in [0.29, 0.717) is 19.4 Å². The summed E-state index contributed by atoms with van der Waals surface area (Å²) < 4.78 is 0. The maximum atomic E-state index is 11.9. The molecule has 1 aliphatic heterocycles. The smallest absolute Gasteiger partial charge is 0.326 e. The predicted octanol–water partition coefficient (Wildman–Crippen LogP) is 1.55. The Kier molecular flexibility index (Phi) is 4.41. The fourth-order valence-corrected chi connectivity index (χ4v) is 2.51. The summed E-state index contributed by atoms with van der Waals surface area (Å²) in [6.45, 7) is 0.348. The van der Waals surface area contributed by atoms with Crippen molar-refractivity contribution in [3.63, 3.8) is 0 Å². The summed E-state index contributed by atoms with van der Waals surface area (Å²) in [5, 5.41) is 9.34. The minimum absolute atomic E-state index is 0.159. The van der Waals surface area contributed by atoms with Gasteiger partial charge in [0.2, 0.25) is 5.91 Å². The summed E-state index contributed by atoms with van der Waals surface area (Å²) in [5.41, 5.74) is 1.07. The Morgan fingerprint density at radius 3 is 2.70 bits per heavy atom. The fraction of sp³-hybridized carbons (Fsp3) is 0.375. The second-order valence-electron chi connectivity index (χ2n) is 4.99. The molecule has 1 heterocycles. The standard InChI is InChI=1S/C16H17NO3/c1-2-12-10-15(18)17(11-12)14(16(19)20)9-8-13-6-4-3-5-7-13/h1,3-7,12,14H,8-11H2,(H,19,20)/t12?,14-/m0/s1. The molecule has 0 radical (unpaired) electrons. The highest BCUT2D eigenvalue weighted by Gasteiger charge is 2.36. The average Bonchev–Trinajstić information content (AvgIpc) is 2.81. The first kappa shape index (κ1) is 14.1. The zero-order valence-corrected chi connectivity index (χ0v) is 11.2. The summed E-state index contributed by atoms with van der Waals surface area (Å²) in [6.07, 6.45) is 6.61. The second kappa shape index (κ2) is 6.25. The fourth-order valence-electron chi connectivity index (χ4n) is 2.51. The number of nitrogens with zero attached hydrogens (tertiary/aromatic N) is 1. The average molecular weight is 271 g/mol. The van der Waals surface area contributed by atoms with Crippen LogP contribution in [0.1, 0.15) is 18.4 Å². The molecule has 1 amide bonds. The van der Waals surface area contributed by atoms with Gasteiger partial charge in [-0.2, -0.15) is 0 Å². The van der Waals surface area contributed by atoms with Gasteiger partial charge in [-0.1, -0.05) is 30.3 Å². The van der Waals surface area contributed by atoms with E-state index in [2.05, 4.69) is 5.92 Å². The number of hydrogen-bond acceptors (Lipinski definition) is 2. The molecule has 20 heavy (non-hydrogen) atoms. The number of carbonyl (C=O) groups excluding carboxylic acids is 1. The highest BCUT2D eigenvalue weighted by Crippen LogP contribution is 2.22. The molecule has 1 aromatic carbocycles. The van der Waals surface area contributed by atoms with Gasteiger partial charge in [0.1, 0.15) is 6.04 Å². The molecule has 0 saturated carbocycles. The van der Waals surface area contributed by atoms with Gasteiger partial charge >= 0.3 is 5.97 Å². The van der Waals surface area contributed by atoms with Crippen molar-refractivity contribution in [2.45, 2.75) is 25.3 Å². The summed E-state index contributed by atoms with van der Waals surface area (Å²) >= 11 is 0. The van der Waals surface area contributed by atoms with E-state index in [1.807, 2.05) is 30.3 Å². The van der Waals surface area contributed by atoms with Crippen LogP contribution < -0.4 is 0 Å². The number of carboxylic acids is 1. The van der Waals surface area contributed by atoms with E-state index in [0.717, 1.165) is 5.56 Å². The van der Waals surface area contributed by atoms with Crippen LogP contribution in [0.15, 0.2) is 30.3 Å². The van der Waals surface area contributed by atoms with Gasteiger partial charge in [0.05, 0.1) is 0 Å². The van der Waals surface area contributed by atoms with E-state index in [4.69, 9.17) is 6.42 Å². The van der Waals surface area contributed by atoms with Crippen LogP contribution in [0.4, 0.5) is 0 Å². The molecule has 1 N–H and O–H groups in total. The molecule has 1 unspecified atom stereocenters. The Morgan fingerprint density at radius 1 is 1.45 bits per heavy atom. The van der Waals surface area contributed by atoms with Crippen LogP contribution in [0.2, 0.25) is 0 Å². The number of likely N-dealkylation sites (tertiary alicyclic amines) is 1. The van der Waals surface area contributed by atoms with Crippen LogP contribution in [0.5, 0.6) is 0 Å². The van der Waals surface area contributed by atoms with Crippen molar-refractivity contribution in [1.82, 2.24) is 4.90 Å². The topological polar surface area (TPSA) is 57.6 Å². The SMILES string of the molecule is C#CC1CC(=O)N([C@@H](CCc2ccccc2)C(=O)O)C1. The molecule has 0 bridgehead atoms. The number of carbonyl (C=O) groups is 2. The molecule has 1 saturated heterocycles. The number of benzene rings is 1. The minimum Gasteiger partial charge on any atom is -0.480 e. The van der Waals surface area contributed by atoms with Gasteiger partial charge < -0.3 is 10.0 Å². The van der Waals surface area contributed by atoms with Crippen LogP contribution in [0, 0.1) is 18.3 Å². The molecule has 1 fully saturated rings. The van der Waals surface area contributed by atoms with E-state index >= 15 is 0 Å². The van der Waals surface area contributed by atoms with Crippen LogP contribution in [-0.4, -0.2) is 34.5 Å². The lowest BCUT2D eigenvalue weighted by Gasteiger charge is -2.24. The number of terminal acetylenes is 1. The van der Waals surface area contributed by atoms with Gasteiger partial charge in [-0.05, 0) is 18.4 Å². The number of carboxylic acid groups (broad SMARTS) is 1. The van der Waals surface area contributed by atoms with E-state index in [1.165, 1.54) is 4.90 Å². The molecule has 0 aromatic heterocycles. The summed E-state index contributed by atoms with van der Waals surface area (Å²) in [7, 11) is 0. The third kappa shape index (κ3) is 3.18. The molecular weight excluding hydrogens is 254 g/mol. The zero-order chi connectivity index (χ0) is 14.5.